The van der Waals surface area contributed by atoms with Gasteiger partial charge in [-0.05, 0) is 61.4 Å². The SMILES string of the molecule is CCC(C)C(C(CC(=O)N1CCC[C@H]1C(OC)C(C)C(=O)N[C@@H](Cc1ccccc1)c1nccs1)OC)N(C)C(=O)CNC(=O)C(C(C)C)N(C)Cc1ccc(NC)cc1. The summed E-state index contributed by atoms with van der Waals surface area (Å²) in [5, 5.41) is 12.0. The van der Waals surface area contributed by atoms with Crippen LogP contribution in [0, 0.1) is 17.8 Å². The van der Waals surface area contributed by atoms with E-state index in [1.165, 1.54) is 11.3 Å². The lowest BCUT2D eigenvalue weighted by molar-refractivity contribution is -0.146. The van der Waals surface area contributed by atoms with E-state index in [1.54, 1.807) is 32.4 Å². The van der Waals surface area contributed by atoms with Gasteiger partial charge in [0.05, 0.1) is 55.3 Å². The number of carbonyl (C=O) groups excluding carboxylic acids is 4. The lowest BCUT2D eigenvalue weighted by atomic mass is 9.90. The monoisotopic (exact) mass is 848 g/mol. The van der Waals surface area contributed by atoms with Crippen molar-refractivity contribution < 1.29 is 28.7 Å². The number of anilines is 1. The van der Waals surface area contributed by atoms with E-state index in [2.05, 4.69) is 20.9 Å². The normalized spacial score (nSPS) is 17.7. The maximum Gasteiger partial charge on any atom is 0.242 e. The van der Waals surface area contributed by atoms with Gasteiger partial charge in [0.15, 0.2) is 0 Å². The molecule has 0 saturated carbocycles. The summed E-state index contributed by atoms with van der Waals surface area (Å²) < 4.78 is 12.1. The van der Waals surface area contributed by atoms with Crippen LogP contribution >= 0.6 is 11.3 Å². The topological polar surface area (TPSA) is 145 Å². The third kappa shape index (κ3) is 12.8. The van der Waals surface area contributed by atoms with Crippen LogP contribution in [-0.4, -0.2) is 122 Å². The number of carbonyl (C=O) groups is 4. The van der Waals surface area contributed by atoms with E-state index < -0.39 is 30.2 Å². The standard InChI is InChI=1S/C46H69N7O6S/c1-11-31(4)42(52(8)40(55)28-49-45(57)41(30(2)3)51(7)29-34-19-21-35(47-6)22-20-34)38(58-9)27-39(54)53-24-15-18-37(53)43(59-10)32(5)44(56)50-36(46-48-23-25-60-46)26-33-16-13-12-14-17-33/h12-14,16-17,19-23,25,30-32,36-38,41-43,47H,11,15,18,24,26-29H2,1-10H3,(H,49,57)(H,50,56)/t31?,32?,36-,37-,38?,41?,42?,43?/m0/s1. The predicted molar refractivity (Wildman–Crippen MR) is 238 cm³/mol. The van der Waals surface area contributed by atoms with Gasteiger partial charge >= 0.3 is 0 Å². The molecule has 0 radical (unpaired) electrons. The van der Waals surface area contributed by atoms with Crippen LogP contribution in [0.4, 0.5) is 5.69 Å². The molecule has 1 saturated heterocycles. The van der Waals surface area contributed by atoms with Crippen molar-refractivity contribution in [2.75, 3.05) is 53.8 Å². The number of rotatable bonds is 23. The number of hydrogen-bond acceptors (Lipinski definition) is 10. The lowest BCUT2D eigenvalue weighted by Crippen LogP contribution is -2.55. The van der Waals surface area contributed by atoms with E-state index in [9.17, 15) is 19.2 Å². The van der Waals surface area contributed by atoms with E-state index in [0.717, 1.165) is 34.7 Å². The van der Waals surface area contributed by atoms with Crippen molar-refractivity contribution in [1.82, 2.24) is 30.3 Å². The van der Waals surface area contributed by atoms with Gasteiger partial charge in [-0.2, -0.15) is 0 Å². The summed E-state index contributed by atoms with van der Waals surface area (Å²) >= 11 is 1.50. The van der Waals surface area contributed by atoms with Gasteiger partial charge < -0.3 is 35.2 Å². The van der Waals surface area contributed by atoms with Gasteiger partial charge in [0.25, 0.3) is 0 Å². The summed E-state index contributed by atoms with van der Waals surface area (Å²) in [7, 11) is 8.69. The molecule has 60 heavy (non-hydrogen) atoms. The first-order valence-corrected chi connectivity index (χ1v) is 22.2. The number of likely N-dealkylation sites (tertiary alicyclic amines) is 1. The Hall–Kier alpha value is -4.37. The first kappa shape index (κ1) is 48.3. The minimum Gasteiger partial charge on any atom is -0.388 e. The number of nitrogens with one attached hydrogen (secondary N) is 3. The third-order valence-electron chi connectivity index (χ3n) is 12.1. The Kier molecular flexibility index (Phi) is 19.0. The van der Waals surface area contributed by atoms with E-state index in [0.29, 0.717) is 25.9 Å². The fourth-order valence-corrected chi connectivity index (χ4v) is 9.34. The summed E-state index contributed by atoms with van der Waals surface area (Å²) in [6.07, 6.45) is 3.45. The van der Waals surface area contributed by atoms with E-state index >= 15 is 0 Å². The van der Waals surface area contributed by atoms with E-state index in [4.69, 9.17) is 9.47 Å². The summed E-state index contributed by atoms with van der Waals surface area (Å²) in [6, 6.07) is 16.6. The second-order valence-corrected chi connectivity index (χ2v) is 17.5. The zero-order valence-corrected chi connectivity index (χ0v) is 38.2. The highest BCUT2D eigenvalue weighted by Gasteiger charge is 2.42. The zero-order chi connectivity index (χ0) is 43.9. The van der Waals surface area contributed by atoms with Crippen molar-refractivity contribution in [2.24, 2.45) is 17.8 Å². The van der Waals surface area contributed by atoms with Gasteiger partial charge in [0, 0.05) is 58.7 Å². The van der Waals surface area contributed by atoms with E-state index in [1.807, 2.05) is 118 Å². The van der Waals surface area contributed by atoms with Crippen molar-refractivity contribution in [3.63, 3.8) is 0 Å². The molecule has 6 unspecified atom stereocenters. The number of amides is 4. The van der Waals surface area contributed by atoms with Crippen molar-refractivity contribution in [2.45, 2.75) is 110 Å². The average Bonchev–Trinajstić information content (AvgIpc) is 3.97. The summed E-state index contributed by atoms with van der Waals surface area (Å²) in [4.78, 5) is 65.6. The van der Waals surface area contributed by atoms with Crippen LogP contribution in [0.15, 0.2) is 66.2 Å². The van der Waals surface area contributed by atoms with Crippen LogP contribution in [0.2, 0.25) is 0 Å². The fraction of sp³-hybridized carbons (Fsp3) is 0.587. The number of hydrogen-bond donors (Lipinski definition) is 3. The van der Waals surface area contributed by atoms with Crippen molar-refractivity contribution >= 4 is 40.7 Å². The van der Waals surface area contributed by atoms with Gasteiger partial charge in [-0.25, -0.2) is 4.98 Å². The van der Waals surface area contributed by atoms with Crippen LogP contribution in [0.3, 0.4) is 0 Å². The molecule has 14 heteroatoms. The van der Waals surface area contributed by atoms with Crippen LogP contribution in [-0.2, 0) is 41.6 Å². The maximum atomic E-state index is 14.3. The Morgan fingerprint density at radius 1 is 0.950 bits per heavy atom. The first-order chi connectivity index (χ1) is 28.7. The molecule has 1 aliphatic heterocycles. The molecule has 2 heterocycles. The highest BCUT2D eigenvalue weighted by atomic mass is 32.1. The van der Waals surface area contributed by atoms with Crippen LogP contribution in [0.5, 0.6) is 0 Å². The molecule has 1 aromatic heterocycles. The highest BCUT2D eigenvalue weighted by Crippen LogP contribution is 2.30. The van der Waals surface area contributed by atoms with Crippen LogP contribution < -0.4 is 16.0 Å². The number of aromatic nitrogens is 1. The molecule has 0 bridgehead atoms. The quantitative estimate of drug-likeness (QED) is 0.108. The smallest absolute Gasteiger partial charge is 0.242 e. The van der Waals surface area contributed by atoms with Crippen LogP contribution in [0.1, 0.15) is 82.5 Å². The molecule has 4 amide bonds. The molecule has 3 N–H and O–H groups in total. The van der Waals surface area contributed by atoms with Crippen LogP contribution in [0.25, 0.3) is 0 Å². The second kappa shape index (κ2) is 23.6. The number of likely N-dealkylation sites (N-methyl/N-ethyl adjacent to an activating group) is 2. The Labute approximate surface area is 362 Å². The average molecular weight is 848 g/mol. The Morgan fingerprint density at radius 3 is 2.23 bits per heavy atom. The minimum absolute atomic E-state index is 0.000677. The second-order valence-electron chi connectivity index (χ2n) is 16.5. The molecular weight excluding hydrogens is 779 g/mol. The van der Waals surface area contributed by atoms with Gasteiger partial charge in [0.1, 0.15) is 5.01 Å². The summed E-state index contributed by atoms with van der Waals surface area (Å²) in [6.45, 7) is 10.9. The number of thiazole rings is 1. The summed E-state index contributed by atoms with van der Waals surface area (Å²) in [5.74, 6) is -1.33. The molecule has 1 aliphatic rings. The molecule has 3 aromatic rings. The Morgan fingerprint density at radius 2 is 1.65 bits per heavy atom. The van der Waals surface area contributed by atoms with Gasteiger partial charge in [-0.1, -0.05) is 83.5 Å². The largest absolute Gasteiger partial charge is 0.388 e. The molecule has 4 rings (SSSR count). The zero-order valence-electron chi connectivity index (χ0n) is 37.4. The Balaban J connectivity index is 1.41. The van der Waals surface area contributed by atoms with Gasteiger partial charge in [0.2, 0.25) is 23.6 Å². The molecule has 1 fully saturated rings. The fourth-order valence-electron chi connectivity index (χ4n) is 8.65. The minimum atomic E-state index is -0.610. The number of ether oxygens (including phenoxy) is 2. The highest BCUT2D eigenvalue weighted by molar-refractivity contribution is 7.09. The third-order valence-corrected chi connectivity index (χ3v) is 13.0. The van der Waals surface area contributed by atoms with Gasteiger partial charge in [-0.15, -0.1) is 11.3 Å². The number of methoxy groups -OCH3 is 2. The predicted octanol–water partition coefficient (Wildman–Crippen LogP) is 5.78. The molecule has 330 valence electrons. The first-order valence-electron chi connectivity index (χ1n) is 21.3. The molecule has 2 aromatic carbocycles. The molecule has 0 aliphatic carbocycles. The molecule has 13 nitrogen and oxygen atoms in total. The number of benzene rings is 2. The van der Waals surface area contributed by atoms with Crippen molar-refractivity contribution in [1.29, 1.82) is 0 Å². The summed E-state index contributed by atoms with van der Waals surface area (Å²) in [5.41, 5.74) is 3.18. The number of nitrogens with zero attached hydrogens (tertiary/aromatic N) is 4. The molecule has 8 atom stereocenters. The lowest BCUT2D eigenvalue weighted by Gasteiger charge is -2.39. The van der Waals surface area contributed by atoms with E-state index in [-0.39, 0.29) is 60.5 Å². The van der Waals surface area contributed by atoms with Crippen molar-refractivity contribution in [3.05, 3.63) is 82.3 Å². The Bertz CT molecular complexity index is 1780. The van der Waals surface area contributed by atoms with Gasteiger partial charge in [-0.3, -0.25) is 24.1 Å². The molecule has 0 spiro atoms. The van der Waals surface area contributed by atoms with Crippen molar-refractivity contribution in [3.8, 4) is 0 Å². The maximum absolute atomic E-state index is 14.3. The molecular formula is C46H69N7O6S.